The highest BCUT2D eigenvalue weighted by Crippen LogP contribution is 2.30. The number of hydrogen-bond donors (Lipinski definition) is 2. The number of hydrogen-bond acceptors (Lipinski definition) is 5. The standard InChI is InChI=1S/C13H14ClN3O2S/c1-6-11(20-8(3)16-6)7(2)17-12-10(14)9(13(18)19)4-5-15-12/h4-5,7H,1-3H3,(H,15,17)(H,18,19). The second kappa shape index (κ2) is 5.76. The number of pyridine rings is 1. The number of nitrogens with zero attached hydrogens (tertiary/aromatic N) is 2. The van der Waals surface area contributed by atoms with Crippen LogP contribution >= 0.6 is 22.9 Å². The summed E-state index contributed by atoms with van der Waals surface area (Å²) in [6, 6.07) is 1.33. The van der Waals surface area contributed by atoms with E-state index in [1.54, 1.807) is 11.3 Å². The van der Waals surface area contributed by atoms with Gasteiger partial charge in [0.1, 0.15) is 5.82 Å². The van der Waals surface area contributed by atoms with Gasteiger partial charge in [0.2, 0.25) is 0 Å². The third-order valence-electron chi connectivity index (χ3n) is 2.81. The Hall–Kier alpha value is -1.66. The molecule has 0 saturated heterocycles. The van der Waals surface area contributed by atoms with E-state index in [1.165, 1.54) is 12.3 Å². The number of aromatic nitrogens is 2. The van der Waals surface area contributed by atoms with Gasteiger partial charge in [-0.25, -0.2) is 14.8 Å². The van der Waals surface area contributed by atoms with Crippen LogP contribution in [-0.4, -0.2) is 21.0 Å². The average molecular weight is 312 g/mol. The van der Waals surface area contributed by atoms with Gasteiger partial charge in [-0.2, -0.15) is 0 Å². The summed E-state index contributed by atoms with van der Waals surface area (Å²) in [5.41, 5.74) is 0.992. The molecular formula is C13H14ClN3O2S. The normalized spacial score (nSPS) is 12.2. The van der Waals surface area contributed by atoms with Crippen LogP contribution in [-0.2, 0) is 0 Å². The molecule has 2 aromatic heterocycles. The van der Waals surface area contributed by atoms with Gasteiger partial charge < -0.3 is 10.4 Å². The van der Waals surface area contributed by atoms with Crippen LogP contribution in [0.4, 0.5) is 5.82 Å². The minimum atomic E-state index is -1.07. The van der Waals surface area contributed by atoms with E-state index in [2.05, 4.69) is 15.3 Å². The van der Waals surface area contributed by atoms with Crippen molar-refractivity contribution >= 4 is 34.7 Å². The highest BCUT2D eigenvalue weighted by atomic mass is 35.5. The maximum absolute atomic E-state index is 11.0. The highest BCUT2D eigenvalue weighted by Gasteiger charge is 2.17. The van der Waals surface area contributed by atoms with E-state index in [1.807, 2.05) is 20.8 Å². The fourth-order valence-electron chi connectivity index (χ4n) is 1.93. The number of anilines is 1. The summed E-state index contributed by atoms with van der Waals surface area (Å²) in [7, 11) is 0. The number of aryl methyl sites for hydroxylation is 2. The van der Waals surface area contributed by atoms with Gasteiger partial charge in [0.25, 0.3) is 0 Å². The van der Waals surface area contributed by atoms with Crippen molar-refractivity contribution in [1.82, 2.24) is 9.97 Å². The largest absolute Gasteiger partial charge is 0.478 e. The molecule has 106 valence electrons. The third kappa shape index (κ3) is 2.91. The third-order valence-corrected chi connectivity index (χ3v) is 4.44. The molecule has 0 bridgehead atoms. The van der Waals surface area contributed by atoms with Crippen LogP contribution < -0.4 is 5.32 Å². The molecule has 0 aliphatic heterocycles. The lowest BCUT2D eigenvalue weighted by molar-refractivity contribution is 0.0697. The summed E-state index contributed by atoms with van der Waals surface area (Å²) in [5, 5.41) is 13.3. The molecule has 0 saturated carbocycles. The first kappa shape index (κ1) is 14.7. The predicted molar refractivity (Wildman–Crippen MR) is 79.8 cm³/mol. The van der Waals surface area contributed by atoms with Crippen molar-refractivity contribution in [3.63, 3.8) is 0 Å². The fourth-order valence-corrected chi connectivity index (χ4v) is 3.11. The van der Waals surface area contributed by atoms with Gasteiger partial charge in [0.15, 0.2) is 0 Å². The maximum atomic E-state index is 11.0. The molecule has 1 atom stereocenters. The topological polar surface area (TPSA) is 75.1 Å². The number of halogens is 1. The molecule has 0 fully saturated rings. The number of rotatable bonds is 4. The van der Waals surface area contributed by atoms with Crippen molar-refractivity contribution in [2.75, 3.05) is 5.32 Å². The Balaban J connectivity index is 2.28. The molecule has 20 heavy (non-hydrogen) atoms. The Labute approximate surface area is 125 Å². The molecule has 0 aliphatic rings. The Bertz CT molecular complexity index is 657. The summed E-state index contributed by atoms with van der Waals surface area (Å²) in [4.78, 5) is 20.6. The van der Waals surface area contributed by atoms with Gasteiger partial charge in [0, 0.05) is 11.1 Å². The quantitative estimate of drug-likeness (QED) is 0.901. The van der Waals surface area contributed by atoms with E-state index in [0.29, 0.717) is 5.82 Å². The Morgan fingerprint density at radius 3 is 2.75 bits per heavy atom. The number of carboxylic acids is 1. The van der Waals surface area contributed by atoms with Gasteiger partial charge in [0.05, 0.1) is 27.3 Å². The zero-order chi connectivity index (χ0) is 14.9. The van der Waals surface area contributed by atoms with Crippen LogP contribution in [0.2, 0.25) is 5.02 Å². The molecule has 0 amide bonds. The molecule has 5 nitrogen and oxygen atoms in total. The number of thiazole rings is 1. The molecular weight excluding hydrogens is 298 g/mol. The van der Waals surface area contributed by atoms with Crippen LogP contribution in [0.25, 0.3) is 0 Å². The van der Waals surface area contributed by atoms with Crippen molar-refractivity contribution in [3.8, 4) is 0 Å². The van der Waals surface area contributed by atoms with Crippen LogP contribution in [0.3, 0.4) is 0 Å². The lowest BCUT2D eigenvalue weighted by atomic mass is 10.2. The van der Waals surface area contributed by atoms with Crippen LogP contribution in [0.15, 0.2) is 12.3 Å². The van der Waals surface area contributed by atoms with E-state index >= 15 is 0 Å². The van der Waals surface area contributed by atoms with E-state index in [9.17, 15) is 4.79 Å². The van der Waals surface area contributed by atoms with E-state index in [0.717, 1.165) is 15.6 Å². The second-order valence-electron chi connectivity index (χ2n) is 4.37. The van der Waals surface area contributed by atoms with Crippen molar-refractivity contribution in [3.05, 3.63) is 38.4 Å². The van der Waals surface area contributed by atoms with E-state index in [-0.39, 0.29) is 16.6 Å². The first-order valence-electron chi connectivity index (χ1n) is 5.98. The molecule has 0 radical (unpaired) electrons. The van der Waals surface area contributed by atoms with Crippen LogP contribution in [0.1, 0.15) is 38.9 Å². The zero-order valence-electron chi connectivity index (χ0n) is 11.3. The van der Waals surface area contributed by atoms with Crippen molar-refractivity contribution in [1.29, 1.82) is 0 Å². The zero-order valence-corrected chi connectivity index (χ0v) is 12.8. The highest BCUT2D eigenvalue weighted by molar-refractivity contribution is 7.11. The first-order chi connectivity index (χ1) is 9.40. The maximum Gasteiger partial charge on any atom is 0.337 e. The van der Waals surface area contributed by atoms with E-state index < -0.39 is 5.97 Å². The smallest absolute Gasteiger partial charge is 0.337 e. The van der Waals surface area contributed by atoms with Crippen molar-refractivity contribution in [2.24, 2.45) is 0 Å². The SMILES string of the molecule is Cc1nc(C)c(C(C)Nc2nccc(C(=O)O)c2Cl)s1. The Morgan fingerprint density at radius 2 is 2.20 bits per heavy atom. The van der Waals surface area contributed by atoms with Crippen molar-refractivity contribution in [2.45, 2.75) is 26.8 Å². The molecule has 2 N–H and O–H groups in total. The summed E-state index contributed by atoms with van der Waals surface area (Å²) >= 11 is 7.66. The number of carbonyl (C=O) groups is 1. The summed E-state index contributed by atoms with van der Waals surface area (Å²) in [5.74, 6) is -0.706. The predicted octanol–water partition coefficient (Wildman–Crippen LogP) is 3.68. The number of aromatic carboxylic acids is 1. The lowest BCUT2D eigenvalue weighted by Crippen LogP contribution is -2.10. The molecule has 7 heteroatoms. The Kier molecular flexibility index (Phi) is 4.25. The van der Waals surface area contributed by atoms with Gasteiger partial charge in [-0.05, 0) is 26.8 Å². The molecule has 2 rings (SSSR count). The Morgan fingerprint density at radius 1 is 1.50 bits per heavy atom. The molecule has 0 aromatic carbocycles. The van der Waals surface area contributed by atoms with Crippen molar-refractivity contribution < 1.29 is 9.90 Å². The minimum absolute atomic E-state index is 0.0357. The molecule has 2 aromatic rings. The summed E-state index contributed by atoms with van der Waals surface area (Å²) in [6.07, 6.45) is 1.43. The second-order valence-corrected chi connectivity index (χ2v) is 5.99. The molecule has 1 unspecified atom stereocenters. The molecule has 2 heterocycles. The van der Waals surface area contributed by atoms with Gasteiger partial charge in [-0.1, -0.05) is 11.6 Å². The molecule has 0 aliphatic carbocycles. The number of carboxylic acid groups (broad SMARTS) is 1. The van der Waals surface area contributed by atoms with Gasteiger partial charge in [-0.15, -0.1) is 11.3 Å². The summed E-state index contributed by atoms with van der Waals surface area (Å²) in [6.45, 7) is 5.86. The monoisotopic (exact) mass is 311 g/mol. The van der Waals surface area contributed by atoms with Crippen LogP contribution in [0.5, 0.6) is 0 Å². The lowest BCUT2D eigenvalue weighted by Gasteiger charge is -2.15. The first-order valence-corrected chi connectivity index (χ1v) is 7.18. The van der Waals surface area contributed by atoms with Crippen LogP contribution in [0, 0.1) is 13.8 Å². The number of nitrogens with one attached hydrogen (secondary N) is 1. The molecule has 0 spiro atoms. The fraction of sp³-hybridized carbons (Fsp3) is 0.308. The van der Waals surface area contributed by atoms with Gasteiger partial charge >= 0.3 is 5.97 Å². The minimum Gasteiger partial charge on any atom is -0.478 e. The van der Waals surface area contributed by atoms with Gasteiger partial charge in [-0.3, -0.25) is 0 Å². The van der Waals surface area contributed by atoms with E-state index in [4.69, 9.17) is 16.7 Å². The summed E-state index contributed by atoms with van der Waals surface area (Å²) < 4.78 is 0. The average Bonchev–Trinajstić information content (AvgIpc) is 2.70.